The molecule has 1 heterocycles. The number of aryl methyl sites for hydroxylation is 2. The molecule has 0 aliphatic heterocycles. The van der Waals surface area contributed by atoms with Gasteiger partial charge in [-0.1, -0.05) is 18.2 Å². The summed E-state index contributed by atoms with van der Waals surface area (Å²) in [6.07, 6.45) is 0. The first-order chi connectivity index (χ1) is 11.6. The zero-order valence-corrected chi connectivity index (χ0v) is 19.2. The van der Waals surface area contributed by atoms with Crippen molar-refractivity contribution >= 4 is 81.2 Å². The van der Waals surface area contributed by atoms with Gasteiger partial charge in [0.05, 0.1) is 5.52 Å². The second kappa shape index (κ2) is 6.71. The number of amides is 1. The largest absolute Gasteiger partial charge is 0.338 e. The fourth-order valence-corrected chi connectivity index (χ4v) is 3.75. The van der Waals surface area contributed by atoms with E-state index in [1.807, 2.05) is 6.92 Å². The molecule has 1 aromatic heterocycles. The Kier molecular flexibility index (Phi) is 5.08. The van der Waals surface area contributed by atoms with E-state index in [2.05, 4.69) is 109 Å². The molecule has 25 heavy (non-hydrogen) atoms. The van der Waals surface area contributed by atoms with Crippen molar-refractivity contribution in [1.82, 2.24) is 4.57 Å². The molecule has 3 aromatic rings. The first-order valence-corrected chi connectivity index (χ1v) is 10.4. The standard InChI is InChI=1S/C19H19Br3N2O/c1-10(2)24-14-8-6-5-7-13(14)16-12(4)17(11(3)9-15(16)24)23-18(25)19(20,21)22/h5-10H,1-4H3,(H,23,25). The van der Waals surface area contributed by atoms with Crippen molar-refractivity contribution in [2.24, 2.45) is 0 Å². The lowest BCUT2D eigenvalue weighted by Gasteiger charge is -2.18. The van der Waals surface area contributed by atoms with E-state index in [-0.39, 0.29) is 5.91 Å². The first-order valence-electron chi connectivity index (χ1n) is 8.04. The molecule has 0 radical (unpaired) electrons. The fourth-order valence-electron chi connectivity index (χ4n) is 3.45. The van der Waals surface area contributed by atoms with Crippen LogP contribution in [0.3, 0.4) is 0 Å². The van der Waals surface area contributed by atoms with E-state index < -0.39 is 2.14 Å². The predicted octanol–water partition coefficient (Wildman–Crippen LogP) is 6.77. The monoisotopic (exact) mass is 528 g/mol. The number of nitrogens with zero attached hydrogens (tertiary/aromatic N) is 1. The van der Waals surface area contributed by atoms with Gasteiger partial charge in [-0.2, -0.15) is 0 Å². The maximum atomic E-state index is 12.4. The van der Waals surface area contributed by atoms with Crippen LogP contribution in [0.15, 0.2) is 30.3 Å². The van der Waals surface area contributed by atoms with Gasteiger partial charge in [0.1, 0.15) is 0 Å². The molecule has 0 unspecified atom stereocenters. The van der Waals surface area contributed by atoms with Gasteiger partial charge in [0.15, 0.2) is 0 Å². The summed E-state index contributed by atoms with van der Waals surface area (Å²) in [4.78, 5) is 12.4. The third-order valence-electron chi connectivity index (χ3n) is 4.46. The van der Waals surface area contributed by atoms with Gasteiger partial charge in [-0.25, -0.2) is 0 Å². The molecule has 0 atom stereocenters. The lowest BCUT2D eigenvalue weighted by molar-refractivity contribution is -0.114. The number of para-hydroxylation sites is 1. The van der Waals surface area contributed by atoms with E-state index in [0.29, 0.717) is 6.04 Å². The molecule has 3 rings (SSSR count). The molecule has 0 saturated carbocycles. The molecule has 0 spiro atoms. The number of alkyl halides is 3. The van der Waals surface area contributed by atoms with Crippen LogP contribution < -0.4 is 5.32 Å². The molecule has 132 valence electrons. The third-order valence-corrected chi connectivity index (χ3v) is 5.54. The quantitative estimate of drug-likeness (QED) is 0.364. The van der Waals surface area contributed by atoms with E-state index in [1.165, 1.54) is 21.8 Å². The SMILES string of the molecule is Cc1cc2c(c(C)c1NC(=O)C(Br)(Br)Br)c1ccccc1n2C(C)C. The highest BCUT2D eigenvalue weighted by Gasteiger charge is 2.30. The second-order valence-electron chi connectivity index (χ2n) is 6.52. The van der Waals surface area contributed by atoms with Crippen molar-refractivity contribution in [3.05, 3.63) is 41.5 Å². The average molecular weight is 531 g/mol. The van der Waals surface area contributed by atoms with Gasteiger partial charge in [0, 0.05) is 28.0 Å². The molecule has 0 aliphatic carbocycles. The maximum absolute atomic E-state index is 12.4. The van der Waals surface area contributed by atoms with Crippen LogP contribution in [0.5, 0.6) is 0 Å². The molecule has 0 bridgehead atoms. The number of nitrogens with one attached hydrogen (secondary N) is 1. The Hall–Kier alpha value is -0.850. The van der Waals surface area contributed by atoms with Gasteiger partial charge in [0.25, 0.3) is 5.91 Å². The molecule has 3 nitrogen and oxygen atoms in total. The number of carbonyl (C=O) groups excluding carboxylic acids is 1. The van der Waals surface area contributed by atoms with Gasteiger partial charge in [-0.05, 0) is 98.7 Å². The van der Waals surface area contributed by atoms with Gasteiger partial charge < -0.3 is 9.88 Å². The second-order valence-corrected chi connectivity index (χ2v) is 13.3. The molecule has 6 heteroatoms. The third kappa shape index (κ3) is 3.28. The zero-order chi connectivity index (χ0) is 18.5. The van der Waals surface area contributed by atoms with Crippen molar-refractivity contribution in [1.29, 1.82) is 0 Å². The Labute approximate surface area is 172 Å². The van der Waals surface area contributed by atoms with Gasteiger partial charge in [-0.3, -0.25) is 4.79 Å². The molecule has 1 N–H and O–H groups in total. The van der Waals surface area contributed by atoms with Crippen LogP contribution in [0.4, 0.5) is 5.69 Å². The zero-order valence-electron chi connectivity index (χ0n) is 14.5. The molecule has 0 saturated heterocycles. The maximum Gasteiger partial charge on any atom is 0.263 e. The molecule has 0 aliphatic rings. The Morgan fingerprint density at radius 1 is 1.12 bits per heavy atom. The summed E-state index contributed by atoms with van der Waals surface area (Å²) in [5.41, 5.74) is 5.39. The van der Waals surface area contributed by atoms with E-state index in [0.717, 1.165) is 16.8 Å². The number of fused-ring (bicyclic) bond motifs is 3. The molecule has 0 fully saturated rings. The normalized spacial score (nSPS) is 12.3. The van der Waals surface area contributed by atoms with Crippen molar-refractivity contribution in [3.8, 4) is 0 Å². The van der Waals surface area contributed by atoms with E-state index in [4.69, 9.17) is 0 Å². The summed E-state index contributed by atoms with van der Waals surface area (Å²) in [5, 5.41) is 5.42. The first kappa shape index (κ1) is 18.9. The Morgan fingerprint density at radius 2 is 1.76 bits per heavy atom. The van der Waals surface area contributed by atoms with Crippen LogP contribution in [0.2, 0.25) is 0 Å². The summed E-state index contributed by atoms with van der Waals surface area (Å²) in [5.74, 6) is -0.203. The van der Waals surface area contributed by atoms with Gasteiger partial charge in [-0.15, -0.1) is 0 Å². The minimum Gasteiger partial charge on any atom is -0.338 e. The highest BCUT2D eigenvalue weighted by molar-refractivity contribution is 9.40. The number of carbonyl (C=O) groups is 1. The molecular weight excluding hydrogens is 512 g/mol. The summed E-state index contributed by atoms with van der Waals surface area (Å²) in [6, 6.07) is 10.9. The van der Waals surface area contributed by atoms with E-state index >= 15 is 0 Å². The van der Waals surface area contributed by atoms with Gasteiger partial charge >= 0.3 is 0 Å². The lowest BCUT2D eigenvalue weighted by atomic mass is 10.0. The number of aromatic nitrogens is 1. The van der Waals surface area contributed by atoms with E-state index in [9.17, 15) is 4.79 Å². The van der Waals surface area contributed by atoms with E-state index in [1.54, 1.807) is 0 Å². The summed E-state index contributed by atoms with van der Waals surface area (Å²) in [7, 11) is 0. The molecule has 1 amide bonds. The number of benzene rings is 2. The van der Waals surface area contributed by atoms with Crippen molar-refractivity contribution < 1.29 is 4.79 Å². The van der Waals surface area contributed by atoms with Crippen LogP contribution in [-0.4, -0.2) is 12.6 Å². The highest BCUT2D eigenvalue weighted by atomic mass is 80.0. The van der Waals surface area contributed by atoms with Gasteiger partial charge in [0.2, 0.25) is 2.14 Å². The minimum atomic E-state index is -0.979. The minimum absolute atomic E-state index is 0.203. The lowest BCUT2D eigenvalue weighted by Crippen LogP contribution is -2.26. The fraction of sp³-hybridized carbons (Fsp3) is 0.316. The Balaban J connectivity index is 2.34. The van der Waals surface area contributed by atoms with Crippen LogP contribution in [0, 0.1) is 13.8 Å². The predicted molar refractivity (Wildman–Crippen MR) is 117 cm³/mol. The van der Waals surface area contributed by atoms with Crippen molar-refractivity contribution in [3.63, 3.8) is 0 Å². The highest BCUT2D eigenvalue weighted by Crippen LogP contribution is 2.40. The summed E-state index contributed by atoms with van der Waals surface area (Å²) in [6.45, 7) is 8.49. The average Bonchev–Trinajstić information content (AvgIpc) is 2.84. The number of hydrogen-bond acceptors (Lipinski definition) is 1. The Morgan fingerprint density at radius 3 is 2.36 bits per heavy atom. The van der Waals surface area contributed by atoms with Crippen molar-refractivity contribution in [2.75, 3.05) is 5.32 Å². The van der Waals surface area contributed by atoms with Crippen LogP contribution in [0.1, 0.15) is 31.0 Å². The number of anilines is 1. The van der Waals surface area contributed by atoms with Crippen molar-refractivity contribution in [2.45, 2.75) is 35.9 Å². The number of hydrogen-bond donors (Lipinski definition) is 1. The number of rotatable bonds is 2. The van der Waals surface area contributed by atoms with Crippen LogP contribution in [0.25, 0.3) is 21.8 Å². The van der Waals surface area contributed by atoms with Crippen LogP contribution in [-0.2, 0) is 4.79 Å². The summed E-state index contributed by atoms with van der Waals surface area (Å²) < 4.78 is 1.38. The Bertz CT molecular complexity index is 984. The molecule has 2 aromatic carbocycles. The number of halogens is 3. The smallest absolute Gasteiger partial charge is 0.263 e. The summed E-state index contributed by atoms with van der Waals surface area (Å²) >= 11 is 9.84. The molecular formula is C19H19Br3N2O. The van der Waals surface area contributed by atoms with Crippen LogP contribution >= 0.6 is 47.8 Å². The topological polar surface area (TPSA) is 34.0 Å².